The average Bonchev–Trinajstić information content (AvgIpc) is 3.68. The van der Waals surface area contributed by atoms with E-state index >= 15 is 0 Å². The number of carbonyl (C=O) groups excluding carboxylic acids is 1. The Morgan fingerprint density at radius 1 is 1.17 bits per heavy atom. The van der Waals surface area contributed by atoms with Crippen molar-refractivity contribution in [3.8, 4) is 17.0 Å². The molecule has 2 aromatic carbocycles. The number of anilines is 2. The van der Waals surface area contributed by atoms with E-state index in [1.807, 2.05) is 60.1 Å². The first kappa shape index (κ1) is 27.2. The minimum absolute atomic E-state index is 0.0104. The molecule has 0 bridgehead atoms. The Hall–Kier alpha value is -4.02. The molecule has 1 amide bonds. The number of benzene rings is 2. The molecule has 41 heavy (non-hydrogen) atoms. The van der Waals surface area contributed by atoms with Gasteiger partial charge in [-0.05, 0) is 69.8 Å². The molecule has 0 saturated heterocycles. The summed E-state index contributed by atoms with van der Waals surface area (Å²) < 4.78 is 7.64. The predicted molar refractivity (Wildman–Crippen MR) is 159 cm³/mol. The minimum atomic E-state index is -0.699. The molecule has 2 aliphatic rings. The van der Waals surface area contributed by atoms with Crippen molar-refractivity contribution in [3.63, 3.8) is 0 Å². The number of hydrogen-bond donors (Lipinski definition) is 3. The molecule has 214 valence electrons. The number of nitrogen functional groups attached to an aromatic ring is 1. The molecule has 10 nitrogen and oxygen atoms in total. The van der Waals surface area contributed by atoms with Gasteiger partial charge in [0.25, 0.3) is 0 Å². The number of hydrogen-bond acceptors (Lipinski definition) is 8. The van der Waals surface area contributed by atoms with Crippen molar-refractivity contribution in [1.82, 2.24) is 24.6 Å². The summed E-state index contributed by atoms with van der Waals surface area (Å²) in [6, 6.07) is 15.9. The van der Waals surface area contributed by atoms with Crippen LogP contribution in [0.25, 0.3) is 22.3 Å². The van der Waals surface area contributed by atoms with E-state index in [1.54, 1.807) is 7.11 Å². The number of rotatable bonds is 8. The molecule has 2 atom stereocenters. The van der Waals surface area contributed by atoms with E-state index in [0.29, 0.717) is 53.4 Å². The van der Waals surface area contributed by atoms with E-state index in [1.165, 1.54) is 11.9 Å². The van der Waals surface area contributed by atoms with Crippen LogP contribution in [0.2, 0.25) is 0 Å². The third-order valence-electron chi connectivity index (χ3n) is 8.45. The average molecular weight is 556 g/mol. The highest BCUT2D eigenvalue weighted by atomic mass is 16.5. The summed E-state index contributed by atoms with van der Waals surface area (Å²) in [5.74, 6) is 1.08. The molecule has 6 rings (SSSR count). The lowest BCUT2D eigenvalue weighted by atomic mass is 9.82. The fraction of sp³-hybridized carbons (Fsp3) is 0.419. The third-order valence-corrected chi connectivity index (χ3v) is 8.45. The second-order valence-electron chi connectivity index (χ2n) is 11.7. The molecular weight excluding hydrogens is 518 g/mol. The number of nitrogens with two attached hydrogens (primary N) is 1. The quantitative estimate of drug-likeness (QED) is 0.294. The standard InChI is InChI=1S/C31H37N7O3/c1-37(2)17-31(40)13-11-21(12-14-31)38-29-26(28(32)33-18-34-29)27(36-38)20-9-10-24(25(15-20)41-3)35-30(39)23-16-22(23)19-7-5-4-6-8-19/h4-10,15,18,21-23,40H,11-14,16-17H2,1-3H3,(H,35,39)(H2,32,33,34). The van der Waals surface area contributed by atoms with Crippen molar-refractivity contribution in [3.05, 3.63) is 60.4 Å². The molecular formula is C31H37N7O3. The van der Waals surface area contributed by atoms with Crippen LogP contribution in [0.15, 0.2) is 54.9 Å². The van der Waals surface area contributed by atoms with Crippen molar-refractivity contribution in [2.75, 3.05) is 38.8 Å². The largest absolute Gasteiger partial charge is 0.495 e. The Bertz CT molecular complexity index is 1560. The summed E-state index contributed by atoms with van der Waals surface area (Å²) >= 11 is 0. The lowest BCUT2D eigenvalue weighted by Crippen LogP contribution is -2.43. The molecule has 2 heterocycles. The van der Waals surface area contributed by atoms with E-state index in [9.17, 15) is 9.90 Å². The van der Waals surface area contributed by atoms with Crippen LogP contribution < -0.4 is 15.8 Å². The van der Waals surface area contributed by atoms with Crippen LogP contribution in [-0.2, 0) is 4.79 Å². The maximum absolute atomic E-state index is 13.0. The van der Waals surface area contributed by atoms with Crippen molar-refractivity contribution in [2.45, 2.75) is 49.7 Å². The fourth-order valence-corrected chi connectivity index (χ4v) is 6.30. The first-order valence-corrected chi connectivity index (χ1v) is 14.2. The van der Waals surface area contributed by atoms with Gasteiger partial charge in [-0.15, -0.1) is 0 Å². The highest BCUT2D eigenvalue weighted by Gasteiger charge is 2.44. The number of amides is 1. The summed E-state index contributed by atoms with van der Waals surface area (Å²) in [6.07, 6.45) is 5.23. The van der Waals surface area contributed by atoms with Crippen LogP contribution in [0.3, 0.4) is 0 Å². The van der Waals surface area contributed by atoms with Gasteiger partial charge in [0.15, 0.2) is 5.65 Å². The molecule has 10 heteroatoms. The number of carbonyl (C=O) groups is 1. The zero-order valence-electron chi connectivity index (χ0n) is 23.7. The number of methoxy groups -OCH3 is 1. The van der Waals surface area contributed by atoms with Gasteiger partial charge in [-0.25, -0.2) is 14.6 Å². The van der Waals surface area contributed by atoms with Gasteiger partial charge < -0.3 is 25.8 Å². The van der Waals surface area contributed by atoms with Gasteiger partial charge >= 0.3 is 0 Å². The SMILES string of the molecule is COc1cc(-c2nn(C3CCC(O)(CN(C)C)CC3)c3ncnc(N)c23)ccc1NC(=O)C1CC1c1ccccc1. The van der Waals surface area contributed by atoms with Crippen LogP contribution >= 0.6 is 0 Å². The Morgan fingerprint density at radius 2 is 1.93 bits per heavy atom. The Morgan fingerprint density at radius 3 is 2.63 bits per heavy atom. The van der Waals surface area contributed by atoms with Gasteiger partial charge in [0.1, 0.15) is 23.6 Å². The van der Waals surface area contributed by atoms with E-state index in [-0.39, 0.29) is 23.8 Å². The van der Waals surface area contributed by atoms with E-state index in [4.69, 9.17) is 15.6 Å². The van der Waals surface area contributed by atoms with E-state index in [0.717, 1.165) is 24.8 Å². The molecule has 0 spiro atoms. The number of aliphatic hydroxyl groups is 1. The maximum Gasteiger partial charge on any atom is 0.228 e. The fourth-order valence-electron chi connectivity index (χ4n) is 6.30. The summed E-state index contributed by atoms with van der Waals surface area (Å²) in [4.78, 5) is 23.9. The number of aromatic nitrogens is 4. The number of fused-ring (bicyclic) bond motifs is 1. The Kier molecular flexibility index (Phi) is 7.13. The van der Waals surface area contributed by atoms with Gasteiger partial charge in [0.05, 0.1) is 29.8 Å². The van der Waals surface area contributed by atoms with Crippen molar-refractivity contribution < 1.29 is 14.6 Å². The topological polar surface area (TPSA) is 131 Å². The number of nitrogens with one attached hydrogen (secondary N) is 1. The summed E-state index contributed by atoms with van der Waals surface area (Å²) in [7, 11) is 5.55. The Labute approximate surface area is 239 Å². The highest BCUT2D eigenvalue weighted by molar-refractivity contribution is 6.00. The minimum Gasteiger partial charge on any atom is -0.495 e. The van der Waals surface area contributed by atoms with Crippen LogP contribution in [-0.4, -0.2) is 69.0 Å². The summed E-state index contributed by atoms with van der Waals surface area (Å²) in [5, 5.41) is 19.8. The molecule has 4 N–H and O–H groups in total. The monoisotopic (exact) mass is 555 g/mol. The van der Waals surface area contributed by atoms with Crippen LogP contribution in [0.5, 0.6) is 5.75 Å². The maximum atomic E-state index is 13.0. The molecule has 2 aromatic heterocycles. The van der Waals surface area contributed by atoms with Gasteiger partial charge in [-0.3, -0.25) is 4.79 Å². The molecule has 2 aliphatic carbocycles. The number of ether oxygens (including phenoxy) is 1. The highest BCUT2D eigenvalue weighted by Crippen LogP contribution is 2.48. The normalized spacial score (nSPS) is 24.0. The van der Waals surface area contributed by atoms with Gasteiger partial charge in [0.2, 0.25) is 5.91 Å². The van der Waals surface area contributed by atoms with Gasteiger partial charge in [0, 0.05) is 18.0 Å². The van der Waals surface area contributed by atoms with Crippen molar-refractivity contribution in [2.24, 2.45) is 5.92 Å². The molecule has 2 saturated carbocycles. The van der Waals surface area contributed by atoms with Crippen LogP contribution in [0.1, 0.15) is 49.6 Å². The molecule has 2 fully saturated rings. The number of likely N-dealkylation sites (N-methyl/N-ethyl adjacent to an activating group) is 1. The van der Waals surface area contributed by atoms with Crippen LogP contribution in [0, 0.1) is 5.92 Å². The van der Waals surface area contributed by atoms with Gasteiger partial charge in [-0.1, -0.05) is 36.4 Å². The summed E-state index contributed by atoms with van der Waals surface area (Å²) in [5.41, 5.74) is 9.59. The second-order valence-corrected chi connectivity index (χ2v) is 11.7. The second kappa shape index (κ2) is 10.8. The first-order chi connectivity index (χ1) is 19.8. The van der Waals surface area contributed by atoms with Gasteiger partial charge in [-0.2, -0.15) is 5.10 Å². The summed E-state index contributed by atoms with van der Waals surface area (Å²) in [6.45, 7) is 0.635. The van der Waals surface area contributed by atoms with Crippen LogP contribution in [0.4, 0.5) is 11.5 Å². The van der Waals surface area contributed by atoms with E-state index in [2.05, 4.69) is 27.4 Å². The predicted octanol–water partition coefficient (Wildman–Crippen LogP) is 4.23. The molecule has 4 aromatic rings. The first-order valence-electron chi connectivity index (χ1n) is 14.2. The zero-order chi connectivity index (χ0) is 28.7. The third kappa shape index (κ3) is 5.37. The molecule has 0 radical (unpaired) electrons. The van der Waals surface area contributed by atoms with Crippen molar-refractivity contribution >= 4 is 28.4 Å². The zero-order valence-corrected chi connectivity index (χ0v) is 23.7. The van der Waals surface area contributed by atoms with Crippen molar-refractivity contribution in [1.29, 1.82) is 0 Å². The molecule has 0 aliphatic heterocycles. The molecule has 2 unspecified atom stereocenters. The smallest absolute Gasteiger partial charge is 0.228 e. The lowest BCUT2D eigenvalue weighted by molar-refractivity contribution is -0.117. The Balaban J connectivity index is 1.26. The number of nitrogens with zero attached hydrogens (tertiary/aromatic N) is 5. The lowest BCUT2D eigenvalue weighted by Gasteiger charge is -2.37. The van der Waals surface area contributed by atoms with E-state index < -0.39 is 5.60 Å².